The summed E-state index contributed by atoms with van der Waals surface area (Å²) in [5.41, 5.74) is 0.884. The number of aldehydes is 2. The Morgan fingerprint density at radius 1 is 0.730 bits per heavy atom. The first-order valence-electron chi connectivity index (χ1n) is 10.8. The van der Waals surface area contributed by atoms with E-state index in [1.807, 2.05) is 12.1 Å². The average molecular weight is 593 g/mol. The molecule has 1 aliphatic carbocycles. The topological polar surface area (TPSA) is 178 Å². The van der Waals surface area contributed by atoms with Gasteiger partial charge in [-0.05, 0) is 21.8 Å². The summed E-state index contributed by atoms with van der Waals surface area (Å²) in [6.45, 7) is 0. The molecule has 4 unspecified atom stereocenters. The summed E-state index contributed by atoms with van der Waals surface area (Å²) in [7, 11) is 0. The van der Waals surface area contributed by atoms with Crippen LogP contribution in [0.15, 0.2) is 48.5 Å². The van der Waals surface area contributed by atoms with Gasteiger partial charge in [-0.2, -0.15) is 37.9 Å². The van der Waals surface area contributed by atoms with Gasteiger partial charge in [-0.3, -0.25) is 9.59 Å². The highest BCUT2D eigenvalue weighted by atomic mass is 32.2. The van der Waals surface area contributed by atoms with Crippen molar-refractivity contribution in [1.29, 1.82) is 0 Å². The molecular weight excluding hydrogens is 557 g/mol. The van der Waals surface area contributed by atoms with E-state index in [2.05, 4.69) is 56.1 Å². The number of thioether (sulfide) groups is 1. The Labute approximate surface area is 237 Å². The van der Waals surface area contributed by atoms with Crippen molar-refractivity contribution >= 4 is 73.2 Å². The molecule has 0 spiro atoms. The molecule has 3 rings (SSSR count). The van der Waals surface area contributed by atoms with Crippen molar-refractivity contribution in [1.82, 2.24) is 0 Å². The molecule has 8 nitrogen and oxygen atoms in total. The number of thiol groups is 3. The zero-order valence-corrected chi connectivity index (χ0v) is 23.6. The Hall–Kier alpha value is -1.32. The van der Waals surface area contributed by atoms with Gasteiger partial charge in [0.1, 0.15) is 0 Å². The number of aliphatic hydroxyl groups excluding tert-OH is 4. The van der Waals surface area contributed by atoms with Gasteiger partial charge < -0.3 is 31.4 Å². The second kappa shape index (κ2) is 21.6. The Bertz CT molecular complexity index is 1000. The van der Waals surface area contributed by atoms with E-state index < -0.39 is 24.4 Å². The summed E-state index contributed by atoms with van der Waals surface area (Å²) in [6.07, 6.45) is 1.52. The summed E-state index contributed by atoms with van der Waals surface area (Å²) in [5.74, 6) is 1.36. The highest BCUT2D eigenvalue weighted by molar-refractivity contribution is 8.07. The number of hydrogen-bond donors (Lipinski definition) is 7. The fourth-order valence-corrected chi connectivity index (χ4v) is 4.63. The van der Waals surface area contributed by atoms with Crippen LogP contribution in [0.25, 0.3) is 11.0 Å². The summed E-state index contributed by atoms with van der Waals surface area (Å²) in [5, 5.41) is 39.1. The van der Waals surface area contributed by atoms with Crippen LogP contribution < -0.4 is 10.4 Å². The first-order valence-corrected chi connectivity index (χ1v) is 13.7. The maximum absolute atomic E-state index is 10.2. The van der Waals surface area contributed by atoms with Crippen LogP contribution in [0, 0.1) is 0 Å². The zero-order valence-electron chi connectivity index (χ0n) is 20.1. The fraction of sp³-hybridized carbons (Fsp3) is 0.360. The van der Waals surface area contributed by atoms with E-state index in [1.54, 1.807) is 36.0 Å². The summed E-state index contributed by atoms with van der Waals surface area (Å²) in [6, 6.07) is 14.9. The molecule has 0 saturated carbocycles. The molecule has 12 heteroatoms. The maximum Gasteiger partial charge on any atom is 0.150 e. The van der Waals surface area contributed by atoms with Crippen LogP contribution in [0.1, 0.15) is 27.1 Å². The number of rotatable bonds is 10. The molecule has 208 valence electrons. The molecule has 0 fully saturated rings. The van der Waals surface area contributed by atoms with E-state index in [-0.39, 0.29) is 22.5 Å². The van der Waals surface area contributed by atoms with Crippen molar-refractivity contribution in [3.8, 4) is 0 Å². The lowest BCUT2D eigenvalue weighted by Crippen LogP contribution is -2.30. The van der Waals surface area contributed by atoms with Crippen molar-refractivity contribution < 1.29 is 41.0 Å². The van der Waals surface area contributed by atoms with Gasteiger partial charge in [-0.1, -0.05) is 54.6 Å². The lowest BCUT2D eigenvalue weighted by molar-refractivity contribution is 0.0503. The summed E-state index contributed by atoms with van der Waals surface area (Å²) < 4.78 is 0. The van der Waals surface area contributed by atoms with Crippen LogP contribution in [0.5, 0.6) is 0 Å². The van der Waals surface area contributed by atoms with Crippen molar-refractivity contribution in [2.24, 2.45) is 0 Å². The third-order valence-corrected chi connectivity index (χ3v) is 7.26. The molecule has 1 aliphatic rings. The molecule has 2 aromatic rings. The molecule has 0 heterocycles. The first kappa shape index (κ1) is 37.8. The van der Waals surface area contributed by atoms with Gasteiger partial charge in [0.15, 0.2) is 12.6 Å². The van der Waals surface area contributed by atoms with Crippen LogP contribution in [-0.4, -0.2) is 91.4 Å². The summed E-state index contributed by atoms with van der Waals surface area (Å²) in [4.78, 5) is 21.7. The standard InChI is InChI=1S/C13H16O2S2.C8H6O2.C4H10O2S2.2H2O/c14-11(7-16)12(15)8-17-13-6-5-9-3-1-2-4-10(9)13;9-5-7-3-1-2-4-8(7)6-10;5-3(1-7)4(6)2-8;;/h1-5,11-12,14-16H,6-8H2;1-6H;3-8H,1-2H2;2*1H2. The minimum absolute atomic E-state index is 0. The van der Waals surface area contributed by atoms with Crippen LogP contribution in [0.2, 0.25) is 0 Å². The second-order valence-electron chi connectivity index (χ2n) is 7.41. The predicted molar refractivity (Wildman–Crippen MR) is 161 cm³/mol. The number of benzene rings is 2. The van der Waals surface area contributed by atoms with Crippen molar-refractivity contribution in [2.45, 2.75) is 30.8 Å². The SMILES string of the molecule is O.O.O=Cc1ccccc1C=O.OC(CS)C(O)CS.OC(CS)C(O)CSC1=c2ccccc2=CC1. The monoisotopic (exact) mass is 592 g/mol. The van der Waals surface area contributed by atoms with E-state index in [0.29, 0.717) is 35.2 Å². The maximum atomic E-state index is 10.2. The average Bonchev–Trinajstić information content (AvgIpc) is 3.33. The number of aliphatic hydroxyl groups is 4. The molecule has 0 bridgehead atoms. The zero-order chi connectivity index (χ0) is 26.2. The minimum Gasteiger partial charge on any atom is -0.412 e. The van der Waals surface area contributed by atoms with Crippen LogP contribution in [0.4, 0.5) is 0 Å². The van der Waals surface area contributed by atoms with Gasteiger partial charge in [0.25, 0.3) is 0 Å². The normalized spacial score (nSPS) is 14.3. The van der Waals surface area contributed by atoms with Gasteiger partial charge >= 0.3 is 0 Å². The second-order valence-corrected chi connectivity index (χ2v) is 9.62. The molecule has 8 N–H and O–H groups in total. The molecular formula is C25H36O8S4. The largest absolute Gasteiger partial charge is 0.412 e. The Morgan fingerprint density at radius 2 is 1.16 bits per heavy atom. The third kappa shape index (κ3) is 13.3. The van der Waals surface area contributed by atoms with Crippen molar-refractivity contribution in [2.75, 3.05) is 23.0 Å². The Kier molecular flexibility index (Phi) is 22.1. The molecule has 37 heavy (non-hydrogen) atoms. The smallest absolute Gasteiger partial charge is 0.150 e. The number of fused-ring (bicyclic) bond motifs is 1. The van der Waals surface area contributed by atoms with E-state index in [9.17, 15) is 19.8 Å². The fourth-order valence-electron chi connectivity index (χ4n) is 2.77. The van der Waals surface area contributed by atoms with Gasteiger partial charge in [-0.25, -0.2) is 0 Å². The lowest BCUT2D eigenvalue weighted by atomic mass is 10.1. The van der Waals surface area contributed by atoms with Crippen molar-refractivity contribution in [3.05, 3.63) is 70.1 Å². The molecule has 0 amide bonds. The molecule has 2 aromatic carbocycles. The van der Waals surface area contributed by atoms with E-state index in [4.69, 9.17) is 10.2 Å². The third-order valence-electron chi connectivity index (χ3n) is 4.90. The number of hydrogen-bond acceptors (Lipinski definition) is 10. The van der Waals surface area contributed by atoms with Gasteiger partial charge in [-0.15, -0.1) is 11.8 Å². The van der Waals surface area contributed by atoms with Crippen LogP contribution >= 0.6 is 49.6 Å². The minimum atomic E-state index is -0.743. The predicted octanol–water partition coefficient (Wildman–Crippen LogP) is -0.406. The number of carbonyl (C=O) groups is 2. The highest BCUT2D eigenvalue weighted by Gasteiger charge is 2.16. The molecule has 0 aromatic heterocycles. The highest BCUT2D eigenvalue weighted by Crippen LogP contribution is 2.23. The Balaban J connectivity index is 0. The number of carbonyl (C=O) groups excluding carboxylic acids is 2. The van der Waals surface area contributed by atoms with Crippen molar-refractivity contribution in [3.63, 3.8) is 0 Å². The lowest BCUT2D eigenvalue weighted by Gasteiger charge is -2.15. The first-order chi connectivity index (χ1) is 16.8. The van der Waals surface area contributed by atoms with E-state index in [1.165, 1.54) is 15.3 Å². The molecule has 0 aliphatic heterocycles. The van der Waals surface area contributed by atoms with Crippen LogP contribution in [0.3, 0.4) is 0 Å². The Morgan fingerprint density at radius 3 is 1.62 bits per heavy atom. The van der Waals surface area contributed by atoms with E-state index >= 15 is 0 Å². The van der Waals surface area contributed by atoms with Gasteiger partial charge in [0, 0.05) is 34.1 Å². The molecule has 4 atom stereocenters. The van der Waals surface area contributed by atoms with E-state index in [0.717, 1.165) is 6.42 Å². The van der Waals surface area contributed by atoms with Gasteiger partial charge in [0.2, 0.25) is 0 Å². The molecule has 0 radical (unpaired) electrons. The van der Waals surface area contributed by atoms with Crippen LogP contribution in [-0.2, 0) is 0 Å². The quantitative estimate of drug-likeness (QED) is 0.145. The van der Waals surface area contributed by atoms with Gasteiger partial charge in [0.05, 0.1) is 24.4 Å². The molecule has 0 saturated heterocycles. The summed E-state index contributed by atoms with van der Waals surface area (Å²) >= 11 is 13.1.